The molecule has 0 aliphatic carbocycles. The highest BCUT2D eigenvalue weighted by Gasteiger charge is 2.09. The molecule has 1 N–H and O–H groups in total. The molecule has 2 aromatic rings. The Hall–Kier alpha value is -2.08. The van der Waals surface area contributed by atoms with E-state index in [9.17, 15) is 10.1 Å². The van der Waals surface area contributed by atoms with Crippen LogP contribution < -0.4 is 10.1 Å². The van der Waals surface area contributed by atoms with Gasteiger partial charge in [0.05, 0.1) is 16.7 Å². The Bertz CT molecular complexity index is 642. The SMILES string of the molecule is CC(C)Oc1ccc(Nc2ccc([N+](=O)[O-])cc2Br)cc1. The first-order valence-corrected chi connectivity index (χ1v) is 7.22. The van der Waals surface area contributed by atoms with Gasteiger partial charge in [0.15, 0.2) is 0 Å². The molecule has 0 bridgehead atoms. The van der Waals surface area contributed by atoms with Crippen molar-refractivity contribution in [2.45, 2.75) is 20.0 Å². The third kappa shape index (κ3) is 4.19. The predicted molar refractivity (Wildman–Crippen MR) is 86.3 cm³/mol. The molecule has 6 heteroatoms. The van der Waals surface area contributed by atoms with E-state index in [0.717, 1.165) is 17.1 Å². The Morgan fingerprint density at radius 1 is 1.19 bits per heavy atom. The lowest BCUT2D eigenvalue weighted by atomic mass is 10.2. The number of rotatable bonds is 5. The maximum atomic E-state index is 10.7. The second kappa shape index (κ2) is 6.58. The zero-order valence-corrected chi connectivity index (χ0v) is 13.3. The van der Waals surface area contributed by atoms with Crippen molar-refractivity contribution in [1.82, 2.24) is 0 Å². The summed E-state index contributed by atoms with van der Waals surface area (Å²) in [5.74, 6) is 0.804. The molecular formula is C15H15BrN2O3. The van der Waals surface area contributed by atoms with E-state index < -0.39 is 4.92 Å². The standard InChI is InChI=1S/C15H15BrN2O3/c1-10(2)21-13-6-3-11(4-7-13)17-15-8-5-12(18(19)20)9-14(15)16/h3-10,17H,1-2H3. The van der Waals surface area contributed by atoms with Gasteiger partial charge in [0.25, 0.3) is 5.69 Å². The summed E-state index contributed by atoms with van der Waals surface area (Å²) in [6.07, 6.45) is 0.132. The topological polar surface area (TPSA) is 64.4 Å². The number of ether oxygens (including phenoxy) is 1. The first kappa shape index (κ1) is 15.3. The Morgan fingerprint density at radius 2 is 1.86 bits per heavy atom. The van der Waals surface area contributed by atoms with E-state index in [1.165, 1.54) is 12.1 Å². The highest BCUT2D eigenvalue weighted by atomic mass is 79.9. The van der Waals surface area contributed by atoms with Gasteiger partial charge < -0.3 is 10.1 Å². The summed E-state index contributed by atoms with van der Waals surface area (Å²) in [6.45, 7) is 3.94. The van der Waals surface area contributed by atoms with Crippen LogP contribution in [0.2, 0.25) is 0 Å². The minimum Gasteiger partial charge on any atom is -0.491 e. The van der Waals surface area contributed by atoms with Crippen molar-refractivity contribution in [3.05, 3.63) is 57.1 Å². The van der Waals surface area contributed by atoms with Crippen molar-refractivity contribution in [1.29, 1.82) is 0 Å². The number of halogens is 1. The summed E-state index contributed by atoms with van der Waals surface area (Å²) in [6, 6.07) is 12.1. The van der Waals surface area contributed by atoms with Crippen LogP contribution in [0.5, 0.6) is 5.75 Å². The van der Waals surface area contributed by atoms with Crippen molar-refractivity contribution < 1.29 is 9.66 Å². The average molecular weight is 351 g/mol. The predicted octanol–water partition coefficient (Wildman–Crippen LogP) is 4.89. The Balaban J connectivity index is 2.13. The summed E-state index contributed by atoms with van der Waals surface area (Å²) >= 11 is 3.33. The molecule has 0 aliphatic heterocycles. The molecule has 2 aromatic carbocycles. The molecule has 0 spiro atoms. The number of nitro benzene ring substituents is 1. The van der Waals surface area contributed by atoms with Crippen LogP contribution in [0, 0.1) is 10.1 Å². The van der Waals surface area contributed by atoms with Crippen LogP contribution in [-0.2, 0) is 0 Å². The highest BCUT2D eigenvalue weighted by molar-refractivity contribution is 9.10. The first-order chi connectivity index (χ1) is 9.95. The van der Waals surface area contributed by atoms with E-state index in [1.807, 2.05) is 38.1 Å². The lowest BCUT2D eigenvalue weighted by Gasteiger charge is -2.12. The Kier molecular flexibility index (Phi) is 4.80. The molecule has 0 radical (unpaired) electrons. The Labute approximate surface area is 131 Å². The number of hydrogen-bond donors (Lipinski definition) is 1. The third-order valence-corrected chi connectivity index (χ3v) is 3.32. The maximum absolute atomic E-state index is 10.7. The van der Waals surface area contributed by atoms with Crippen LogP contribution in [0.1, 0.15) is 13.8 Å². The highest BCUT2D eigenvalue weighted by Crippen LogP contribution is 2.30. The average Bonchev–Trinajstić information content (AvgIpc) is 2.42. The fourth-order valence-corrected chi connectivity index (χ4v) is 2.23. The van der Waals surface area contributed by atoms with Crippen LogP contribution >= 0.6 is 15.9 Å². The second-order valence-corrected chi connectivity index (χ2v) is 5.59. The summed E-state index contributed by atoms with van der Waals surface area (Å²) in [7, 11) is 0. The summed E-state index contributed by atoms with van der Waals surface area (Å²) in [4.78, 5) is 10.3. The van der Waals surface area contributed by atoms with Crippen molar-refractivity contribution in [2.75, 3.05) is 5.32 Å². The molecule has 0 aromatic heterocycles. The van der Waals surface area contributed by atoms with Crippen molar-refractivity contribution >= 4 is 33.0 Å². The fraction of sp³-hybridized carbons (Fsp3) is 0.200. The minimum atomic E-state index is -0.424. The van der Waals surface area contributed by atoms with Crippen LogP contribution in [0.4, 0.5) is 17.1 Å². The molecule has 0 unspecified atom stereocenters. The number of anilines is 2. The smallest absolute Gasteiger partial charge is 0.270 e. The molecule has 0 aliphatic rings. The van der Waals surface area contributed by atoms with Gasteiger partial charge in [-0.1, -0.05) is 0 Å². The number of nitro groups is 1. The minimum absolute atomic E-state index is 0.0492. The van der Waals surface area contributed by atoms with Crippen molar-refractivity contribution in [3.8, 4) is 5.75 Å². The molecule has 0 saturated heterocycles. The maximum Gasteiger partial charge on any atom is 0.270 e. The van der Waals surface area contributed by atoms with Crippen LogP contribution in [-0.4, -0.2) is 11.0 Å². The first-order valence-electron chi connectivity index (χ1n) is 6.43. The van der Waals surface area contributed by atoms with Gasteiger partial charge in [-0.05, 0) is 60.1 Å². The number of hydrogen-bond acceptors (Lipinski definition) is 4. The molecule has 0 amide bonds. The summed E-state index contributed by atoms with van der Waals surface area (Å²) in [5.41, 5.74) is 1.69. The van der Waals surface area contributed by atoms with Gasteiger partial charge in [0, 0.05) is 22.3 Å². The largest absolute Gasteiger partial charge is 0.491 e. The number of benzene rings is 2. The van der Waals surface area contributed by atoms with Crippen LogP contribution in [0.25, 0.3) is 0 Å². The van der Waals surface area contributed by atoms with Crippen LogP contribution in [0.15, 0.2) is 46.9 Å². The van der Waals surface area contributed by atoms with Gasteiger partial charge in [-0.25, -0.2) is 0 Å². The molecule has 0 saturated carbocycles. The van der Waals surface area contributed by atoms with Gasteiger partial charge in [0.1, 0.15) is 5.75 Å². The van der Waals surface area contributed by atoms with E-state index in [2.05, 4.69) is 21.2 Å². The zero-order chi connectivity index (χ0) is 15.4. The molecule has 0 atom stereocenters. The van der Waals surface area contributed by atoms with Crippen molar-refractivity contribution in [2.24, 2.45) is 0 Å². The van der Waals surface area contributed by atoms with Crippen LogP contribution in [0.3, 0.4) is 0 Å². The van der Waals surface area contributed by atoms with E-state index in [0.29, 0.717) is 4.47 Å². The molecule has 2 rings (SSSR count). The van der Waals surface area contributed by atoms with E-state index >= 15 is 0 Å². The van der Waals surface area contributed by atoms with Gasteiger partial charge in [-0.2, -0.15) is 0 Å². The van der Waals surface area contributed by atoms with Crippen molar-refractivity contribution in [3.63, 3.8) is 0 Å². The van der Waals surface area contributed by atoms with E-state index in [-0.39, 0.29) is 11.8 Å². The van der Waals surface area contributed by atoms with Gasteiger partial charge in [0.2, 0.25) is 0 Å². The van der Waals surface area contributed by atoms with Gasteiger partial charge >= 0.3 is 0 Å². The van der Waals surface area contributed by atoms with Gasteiger partial charge in [-0.15, -0.1) is 0 Å². The monoisotopic (exact) mass is 350 g/mol. The molecule has 0 fully saturated rings. The molecule has 110 valence electrons. The van der Waals surface area contributed by atoms with E-state index in [1.54, 1.807) is 6.07 Å². The summed E-state index contributed by atoms with van der Waals surface area (Å²) in [5, 5.41) is 13.9. The summed E-state index contributed by atoms with van der Waals surface area (Å²) < 4.78 is 6.21. The third-order valence-electron chi connectivity index (χ3n) is 2.67. The normalized spacial score (nSPS) is 10.5. The second-order valence-electron chi connectivity index (χ2n) is 4.74. The number of nitrogens with zero attached hydrogens (tertiary/aromatic N) is 1. The van der Waals surface area contributed by atoms with Gasteiger partial charge in [-0.3, -0.25) is 10.1 Å². The number of nitrogens with one attached hydrogen (secondary N) is 1. The molecule has 5 nitrogen and oxygen atoms in total. The molecule has 0 heterocycles. The number of non-ortho nitro benzene ring substituents is 1. The lowest BCUT2D eigenvalue weighted by molar-refractivity contribution is -0.384. The zero-order valence-electron chi connectivity index (χ0n) is 11.7. The lowest BCUT2D eigenvalue weighted by Crippen LogP contribution is -2.05. The fourth-order valence-electron chi connectivity index (χ4n) is 1.76. The Morgan fingerprint density at radius 3 is 2.38 bits per heavy atom. The molecular weight excluding hydrogens is 336 g/mol. The molecule has 21 heavy (non-hydrogen) atoms. The quantitative estimate of drug-likeness (QED) is 0.615. The van der Waals surface area contributed by atoms with E-state index in [4.69, 9.17) is 4.74 Å².